The van der Waals surface area contributed by atoms with Gasteiger partial charge in [0, 0.05) is 6.54 Å². The summed E-state index contributed by atoms with van der Waals surface area (Å²) in [6.07, 6.45) is 0.957. The highest BCUT2D eigenvalue weighted by atomic mass is 19.4. The van der Waals surface area contributed by atoms with Crippen LogP contribution in [0.1, 0.15) is 71.1 Å². The Hall–Kier alpha value is -1.65. The largest absolute Gasteiger partial charge is 0.392 e. The number of alkyl halides is 16. The predicted octanol–water partition coefficient (Wildman–Crippen LogP) is 8.74. The van der Waals surface area contributed by atoms with Crippen LogP contribution in [0, 0.1) is 0 Å². The molecule has 0 spiro atoms. The molecular weight excluding hydrogens is 586 g/mol. The van der Waals surface area contributed by atoms with Crippen molar-refractivity contribution in [1.82, 2.24) is 5.32 Å². The molecule has 0 aliphatic carbocycles. The summed E-state index contributed by atoms with van der Waals surface area (Å²) < 4.78 is 213. The van der Waals surface area contributed by atoms with E-state index in [9.17, 15) is 75.0 Å². The quantitative estimate of drug-likeness (QED) is 0.115. The van der Waals surface area contributed by atoms with Gasteiger partial charge in [-0.25, -0.2) is 8.78 Å². The normalized spacial score (nSPS) is 14.7. The van der Waals surface area contributed by atoms with Crippen LogP contribution in [0.2, 0.25) is 0 Å². The molecule has 1 amide bonds. The topological polar surface area (TPSA) is 29.1 Å². The molecule has 0 atom stereocenters. The Morgan fingerprint density at radius 2 is 0.872 bits per heavy atom. The van der Waals surface area contributed by atoms with Gasteiger partial charge in [-0.15, -0.1) is 0 Å². The second-order valence-electron chi connectivity index (χ2n) is 8.81. The average Bonchev–Trinajstić information content (AvgIpc) is 2.81. The van der Waals surface area contributed by atoms with Crippen LogP contribution in [-0.4, -0.2) is 60.3 Å². The van der Waals surface area contributed by atoms with Crippen molar-refractivity contribution in [3.63, 3.8) is 0 Å². The number of halogens is 16. The first-order valence-corrected chi connectivity index (χ1v) is 11.6. The molecule has 0 aliphatic heterocycles. The lowest BCUT2D eigenvalue weighted by molar-refractivity contribution is -0.443. The second kappa shape index (κ2) is 13.3. The van der Waals surface area contributed by atoms with Gasteiger partial charge in [-0.2, -0.15) is 61.5 Å². The molecule has 0 heterocycles. The molecule has 2 nitrogen and oxygen atoms in total. The summed E-state index contributed by atoms with van der Waals surface area (Å²) in [5.41, 5.74) is 0. The minimum absolute atomic E-state index is 0.199. The van der Waals surface area contributed by atoms with Crippen molar-refractivity contribution in [1.29, 1.82) is 0 Å². The van der Waals surface area contributed by atoms with Gasteiger partial charge in [0.15, 0.2) is 0 Å². The number of nitrogens with one attached hydrogen (secondary N) is 1. The second-order valence-corrected chi connectivity index (χ2v) is 8.81. The summed E-state index contributed by atoms with van der Waals surface area (Å²) in [4.78, 5) is 11.4. The van der Waals surface area contributed by atoms with E-state index in [2.05, 4.69) is 0 Å². The number of hydrogen-bond acceptors (Lipinski definition) is 1. The van der Waals surface area contributed by atoms with E-state index in [0.717, 1.165) is 43.8 Å². The highest BCUT2D eigenvalue weighted by Crippen LogP contribution is 2.62. The molecule has 0 fully saturated rings. The monoisotopic (exact) mass is 613 g/mol. The maximum atomic E-state index is 13.8. The van der Waals surface area contributed by atoms with E-state index >= 15 is 0 Å². The molecule has 0 saturated carbocycles. The molecule has 18 heteroatoms. The molecule has 0 aromatic rings. The van der Waals surface area contributed by atoms with Crippen LogP contribution in [-0.2, 0) is 4.79 Å². The maximum Gasteiger partial charge on any atom is 0.392 e. The molecule has 0 aliphatic rings. The number of hydrogen-bond donors (Lipinski definition) is 1. The maximum absolute atomic E-state index is 13.8. The summed E-state index contributed by atoms with van der Waals surface area (Å²) in [5, 5.41) is 0.984. The minimum Gasteiger partial charge on any atom is -0.351 e. The summed E-state index contributed by atoms with van der Waals surface area (Å²) in [6, 6.07) is 0. The third kappa shape index (κ3) is 7.17. The minimum atomic E-state index is -8.51. The van der Waals surface area contributed by atoms with Crippen molar-refractivity contribution in [2.45, 2.75) is 119 Å². The third-order valence-corrected chi connectivity index (χ3v) is 5.77. The summed E-state index contributed by atoms with van der Waals surface area (Å²) in [6.45, 7) is 1.11. The lowest BCUT2D eigenvalue weighted by Gasteiger charge is -2.42. The zero-order valence-corrected chi connectivity index (χ0v) is 20.3. The molecule has 0 radical (unpaired) electrons. The number of carbonyl (C=O) groups is 1. The van der Waals surface area contributed by atoms with Crippen molar-refractivity contribution in [3.8, 4) is 0 Å². The van der Waals surface area contributed by atoms with Gasteiger partial charge in [0.25, 0.3) is 5.91 Å². The van der Waals surface area contributed by atoms with E-state index in [1.165, 1.54) is 0 Å². The van der Waals surface area contributed by atoms with Crippen molar-refractivity contribution in [3.05, 3.63) is 0 Å². The predicted molar refractivity (Wildman–Crippen MR) is 105 cm³/mol. The molecule has 0 aromatic carbocycles. The van der Waals surface area contributed by atoms with Crippen LogP contribution in [0.4, 0.5) is 70.2 Å². The molecule has 0 unspecified atom stereocenters. The van der Waals surface area contributed by atoms with Gasteiger partial charge in [-0.05, 0) is 6.42 Å². The van der Waals surface area contributed by atoms with Crippen LogP contribution in [0.25, 0.3) is 0 Å². The van der Waals surface area contributed by atoms with E-state index < -0.39 is 60.3 Å². The number of carbonyl (C=O) groups excluding carboxylic acids is 1. The number of amides is 1. The van der Waals surface area contributed by atoms with Gasteiger partial charge >= 0.3 is 47.9 Å². The first-order valence-electron chi connectivity index (χ1n) is 11.6. The van der Waals surface area contributed by atoms with Gasteiger partial charge in [0.05, 0.1) is 0 Å². The van der Waals surface area contributed by atoms with Gasteiger partial charge in [-0.3, -0.25) is 4.79 Å². The van der Waals surface area contributed by atoms with Crippen molar-refractivity contribution in [2.75, 3.05) is 6.54 Å². The lowest BCUT2D eigenvalue weighted by atomic mass is 9.89. The summed E-state index contributed by atoms with van der Waals surface area (Å²) in [7, 11) is 0. The molecular formula is C21H27F16NO. The molecule has 1 N–H and O–H groups in total. The number of rotatable bonds is 19. The zero-order valence-electron chi connectivity index (χ0n) is 20.3. The van der Waals surface area contributed by atoms with E-state index in [0.29, 0.717) is 12.8 Å². The molecule has 0 bridgehead atoms. The highest BCUT2D eigenvalue weighted by molar-refractivity contribution is 5.84. The van der Waals surface area contributed by atoms with Gasteiger partial charge in [-0.1, -0.05) is 64.7 Å². The Labute approximate surface area is 212 Å². The lowest BCUT2D eigenvalue weighted by Crippen LogP contribution is -2.74. The SMILES string of the molecule is CCCCCCCCCCCCNC(=O)C(F)(F)C(F)(F)C(F)(F)C(F)(F)C(F)(F)C(F)(F)C(F)(F)C(F)F. The van der Waals surface area contributed by atoms with Crippen molar-refractivity contribution in [2.24, 2.45) is 0 Å². The molecule has 0 saturated heterocycles. The highest BCUT2D eigenvalue weighted by Gasteiger charge is 2.94. The van der Waals surface area contributed by atoms with Crippen LogP contribution in [0.5, 0.6) is 0 Å². The fourth-order valence-electron chi connectivity index (χ4n) is 3.20. The fourth-order valence-corrected chi connectivity index (χ4v) is 3.20. The third-order valence-electron chi connectivity index (χ3n) is 5.77. The summed E-state index contributed by atoms with van der Waals surface area (Å²) in [5.74, 6) is -59.2. The Balaban J connectivity index is 5.44. The standard InChI is InChI=1S/C21H27F16NO/c1-2-3-4-5-6-7-8-9-10-11-12-38-14(39)16(26,27)18(30,31)20(34,35)21(36,37)19(32,33)17(28,29)15(24,25)13(22)23/h13H,2-12H2,1H3,(H,38,39). The van der Waals surface area contributed by atoms with Gasteiger partial charge in [0.1, 0.15) is 0 Å². The number of unbranched alkanes of at least 4 members (excludes halogenated alkanes) is 9. The molecule has 39 heavy (non-hydrogen) atoms. The van der Waals surface area contributed by atoms with E-state index in [-0.39, 0.29) is 12.8 Å². The first-order chi connectivity index (χ1) is 17.4. The Bertz CT molecular complexity index is 769. The van der Waals surface area contributed by atoms with E-state index in [1.807, 2.05) is 6.92 Å². The Morgan fingerprint density at radius 1 is 0.538 bits per heavy atom. The van der Waals surface area contributed by atoms with Crippen LogP contribution >= 0.6 is 0 Å². The van der Waals surface area contributed by atoms with Crippen molar-refractivity contribution < 1.29 is 75.0 Å². The summed E-state index contributed by atoms with van der Waals surface area (Å²) >= 11 is 0. The molecule has 234 valence electrons. The first kappa shape index (κ1) is 37.4. The van der Waals surface area contributed by atoms with E-state index in [1.54, 1.807) is 0 Å². The Kier molecular flexibility index (Phi) is 12.8. The Morgan fingerprint density at radius 3 is 1.26 bits per heavy atom. The van der Waals surface area contributed by atoms with Gasteiger partial charge < -0.3 is 5.32 Å². The zero-order chi connectivity index (χ0) is 31.1. The average molecular weight is 613 g/mol. The smallest absolute Gasteiger partial charge is 0.351 e. The molecule has 0 rings (SSSR count). The van der Waals surface area contributed by atoms with Crippen LogP contribution < -0.4 is 5.32 Å². The van der Waals surface area contributed by atoms with Crippen molar-refractivity contribution >= 4 is 5.91 Å². The van der Waals surface area contributed by atoms with E-state index in [4.69, 9.17) is 0 Å². The van der Waals surface area contributed by atoms with Gasteiger partial charge in [0.2, 0.25) is 0 Å². The molecule has 0 aromatic heterocycles. The van der Waals surface area contributed by atoms with Crippen LogP contribution in [0.3, 0.4) is 0 Å². The van der Waals surface area contributed by atoms with Crippen LogP contribution in [0.15, 0.2) is 0 Å². The fraction of sp³-hybridized carbons (Fsp3) is 0.952.